The molecule has 3 aromatic rings. The second kappa shape index (κ2) is 6.75. The van der Waals surface area contributed by atoms with Crippen molar-refractivity contribution < 1.29 is 4.79 Å². The van der Waals surface area contributed by atoms with Crippen LogP contribution in [0.25, 0.3) is 21.3 Å². The van der Waals surface area contributed by atoms with Gasteiger partial charge in [0.2, 0.25) is 5.91 Å². The van der Waals surface area contributed by atoms with Crippen LogP contribution in [0.15, 0.2) is 36.0 Å². The van der Waals surface area contributed by atoms with Gasteiger partial charge in [-0.1, -0.05) is 29.8 Å². The van der Waals surface area contributed by atoms with Crippen molar-refractivity contribution in [2.24, 2.45) is 0 Å². The lowest BCUT2D eigenvalue weighted by molar-refractivity contribution is -0.118. The molecular formula is C17H18N4OS. The molecular weight excluding hydrogens is 308 g/mol. The molecule has 0 aliphatic carbocycles. The first kappa shape index (κ1) is 15.4. The number of carbonyl (C=O) groups is 1. The van der Waals surface area contributed by atoms with E-state index in [-0.39, 0.29) is 5.91 Å². The minimum absolute atomic E-state index is 0.0319. The van der Waals surface area contributed by atoms with Crippen molar-refractivity contribution in [3.63, 3.8) is 0 Å². The van der Waals surface area contributed by atoms with Crippen molar-refractivity contribution >= 4 is 33.3 Å². The number of nitrogens with one attached hydrogen (secondary N) is 2. The first-order chi connectivity index (χ1) is 11.1. The first-order valence-corrected chi connectivity index (χ1v) is 8.30. The molecule has 0 saturated heterocycles. The van der Waals surface area contributed by atoms with Crippen molar-refractivity contribution in [3.05, 3.63) is 41.5 Å². The Morgan fingerprint density at radius 2 is 1.96 bits per heavy atom. The normalized spacial score (nSPS) is 10.7. The highest BCUT2D eigenvalue weighted by Gasteiger charge is 2.12. The average Bonchev–Trinajstić information content (AvgIpc) is 2.97. The quantitative estimate of drug-likeness (QED) is 0.707. The number of nitrogens with zero attached hydrogens (tertiary/aromatic N) is 2. The van der Waals surface area contributed by atoms with Crippen LogP contribution >= 0.6 is 11.3 Å². The molecule has 0 spiro atoms. The summed E-state index contributed by atoms with van der Waals surface area (Å²) in [4.78, 5) is 20.6. The van der Waals surface area contributed by atoms with Gasteiger partial charge in [0.05, 0.1) is 5.39 Å². The standard InChI is InChI=1S/C17H18N4OS/c1-11-3-5-13(6-4-11)14-9-23-17-15(14)16(20-10-21-17)19-8-7-18-12(2)22/h3-6,9-10H,7-8H2,1-2H3,(H,18,22)(H,19,20,21). The van der Waals surface area contributed by atoms with Crippen molar-refractivity contribution in [3.8, 4) is 11.1 Å². The van der Waals surface area contributed by atoms with Gasteiger partial charge < -0.3 is 10.6 Å². The lowest BCUT2D eigenvalue weighted by Crippen LogP contribution is -2.26. The minimum Gasteiger partial charge on any atom is -0.368 e. The van der Waals surface area contributed by atoms with Crippen LogP contribution in [0.1, 0.15) is 12.5 Å². The number of rotatable bonds is 5. The van der Waals surface area contributed by atoms with Gasteiger partial charge in [0.1, 0.15) is 17.0 Å². The summed E-state index contributed by atoms with van der Waals surface area (Å²) in [5, 5.41) is 9.21. The van der Waals surface area contributed by atoms with E-state index in [1.807, 2.05) is 0 Å². The van der Waals surface area contributed by atoms with Crippen LogP contribution in [0.3, 0.4) is 0 Å². The van der Waals surface area contributed by atoms with Crippen molar-refractivity contribution in [1.29, 1.82) is 0 Å². The molecule has 1 aromatic carbocycles. The molecule has 0 aliphatic rings. The third-order valence-corrected chi connectivity index (χ3v) is 4.41. The number of benzene rings is 1. The maximum atomic E-state index is 10.9. The molecule has 0 fully saturated rings. The summed E-state index contributed by atoms with van der Waals surface area (Å²) in [6, 6.07) is 8.44. The number of anilines is 1. The van der Waals surface area contributed by atoms with Gasteiger partial charge in [0, 0.05) is 31.0 Å². The minimum atomic E-state index is -0.0319. The Kier molecular flexibility index (Phi) is 4.52. The zero-order chi connectivity index (χ0) is 16.2. The average molecular weight is 326 g/mol. The predicted molar refractivity (Wildman–Crippen MR) is 94.8 cm³/mol. The Morgan fingerprint density at radius 1 is 1.17 bits per heavy atom. The monoisotopic (exact) mass is 326 g/mol. The van der Waals surface area contributed by atoms with E-state index >= 15 is 0 Å². The van der Waals surface area contributed by atoms with Crippen LogP contribution in [0.5, 0.6) is 0 Å². The number of amides is 1. The van der Waals surface area contributed by atoms with Crippen molar-refractivity contribution in [1.82, 2.24) is 15.3 Å². The lowest BCUT2D eigenvalue weighted by Gasteiger charge is -2.09. The molecule has 23 heavy (non-hydrogen) atoms. The number of fused-ring (bicyclic) bond motifs is 1. The van der Waals surface area contributed by atoms with Gasteiger partial charge in [-0.3, -0.25) is 4.79 Å². The van der Waals surface area contributed by atoms with E-state index in [9.17, 15) is 4.79 Å². The van der Waals surface area contributed by atoms with Gasteiger partial charge >= 0.3 is 0 Å². The molecule has 1 amide bonds. The lowest BCUT2D eigenvalue weighted by atomic mass is 10.0. The van der Waals surface area contributed by atoms with E-state index in [2.05, 4.69) is 57.2 Å². The Labute approximate surface area is 138 Å². The molecule has 0 bridgehead atoms. The second-order valence-corrected chi connectivity index (χ2v) is 6.19. The van der Waals surface area contributed by atoms with Crippen molar-refractivity contribution in [2.45, 2.75) is 13.8 Å². The molecule has 0 saturated carbocycles. The fourth-order valence-corrected chi connectivity index (χ4v) is 3.29. The van der Waals surface area contributed by atoms with Gasteiger partial charge in [-0.05, 0) is 12.5 Å². The summed E-state index contributed by atoms with van der Waals surface area (Å²) >= 11 is 1.61. The van der Waals surface area contributed by atoms with Crippen LogP contribution in [0.2, 0.25) is 0 Å². The largest absolute Gasteiger partial charge is 0.368 e. The number of aromatic nitrogens is 2. The van der Waals surface area contributed by atoms with E-state index in [1.54, 1.807) is 17.7 Å². The third-order valence-electron chi connectivity index (χ3n) is 3.52. The van der Waals surface area contributed by atoms with E-state index in [0.29, 0.717) is 13.1 Å². The molecule has 0 radical (unpaired) electrons. The first-order valence-electron chi connectivity index (χ1n) is 7.42. The molecule has 5 nitrogen and oxygen atoms in total. The highest BCUT2D eigenvalue weighted by Crippen LogP contribution is 2.36. The second-order valence-electron chi connectivity index (χ2n) is 5.33. The number of carbonyl (C=O) groups excluding carboxylic acids is 1. The van der Waals surface area contributed by atoms with Crippen molar-refractivity contribution in [2.75, 3.05) is 18.4 Å². The fourth-order valence-electron chi connectivity index (χ4n) is 2.37. The summed E-state index contributed by atoms with van der Waals surface area (Å²) in [5.41, 5.74) is 3.52. The summed E-state index contributed by atoms with van der Waals surface area (Å²) in [7, 11) is 0. The Balaban J connectivity index is 1.91. The van der Waals surface area contributed by atoms with E-state index in [1.165, 1.54) is 12.5 Å². The number of hydrogen-bond donors (Lipinski definition) is 2. The number of hydrogen-bond acceptors (Lipinski definition) is 5. The zero-order valence-electron chi connectivity index (χ0n) is 13.1. The SMILES string of the molecule is CC(=O)NCCNc1ncnc2scc(-c3ccc(C)cc3)c12. The molecule has 2 heterocycles. The van der Waals surface area contributed by atoms with Gasteiger partial charge in [0.25, 0.3) is 0 Å². The van der Waals surface area contributed by atoms with Crippen LogP contribution in [-0.4, -0.2) is 29.0 Å². The van der Waals surface area contributed by atoms with Gasteiger partial charge in [-0.2, -0.15) is 0 Å². The topological polar surface area (TPSA) is 66.9 Å². The molecule has 2 aromatic heterocycles. The highest BCUT2D eigenvalue weighted by molar-refractivity contribution is 7.17. The molecule has 0 unspecified atom stereocenters. The fraction of sp³-hybridized carbons (Fsp3) is 0.235. The number of thiophene rings is 1. The van der Waals surface area contributed by atoms with Crippen LogP contribution < -0.4 is 10.6 Å². The summed E-state index contributed by atoms with van der Waals surface area (Å²) in [6.45, 7) is 4.77. The molecule has 3 rings (SSSR count). The van der Waals surface area contributed by atoms with E-state index in [0.717, 1.165) is 27.2 Å². The van der Waals surface area contributed by atoms with Crippen LogP contribution in [0, 0.1) is 6.92 Å². The molecule has 6 heteroatoms. The smallest absolute Gasteiger partial charge is 0.216 e. The van der Waals surface area contributed by atoms with Crippen LogP contribution in [0.4, 0.5) is 5.82 Å². The Bertz CT molecular complexity index is 826. The summed E-state index contributed by atoms with van der Waals surface area (Å²) < 4.78 is 0. The third kappa shape index (κ3) is 3.48. The maximum absolute atomic E-state index is 10.9. The molecule has 0 atom stereocenters. The van der Waals surface area contributed by atoms with Crippen LogP contribution in [-0.2, 0) is 4.79 Å². The Morgan fingerprint density at radius 3 is 2.70 bits per heavy atom. The van der Waals surface area contributed by atoms with Gasteiger partial charge in [-0.25, -0.2) is 9.97 Å². The maximum Gasteiger partial charge on any atom is 0.216 e. The predicted octanol–water partition coefficient (Wildman–Crippen LogP) is 3.21. The molecule has 0 aliphatic heterocycles. The molecule has 118 valence electrons. The number of aryl methyl sites for hydroxylation is 1. The Hall–Kier alpha value is -2.47. The highest BCUT2D eigenvalue weighted by atomic mass is 32.1. The summed E-state index contributed by atoms with van der Waals surface area (Å²) in [6.07, 6.45) is 1.57. The molecule has 2 N–H and O–H groups in total. The van der Waals surface area contributed by atoms with Gasteiger partial charge in [0.15, 0.2) is 0 Å². The summed E-state index contributed by atoms with van der Waals surface area (Å²) in [5.74, 6) is 0.771. The zero-order valence-corrected chi connectivity index (χ0v) is 13.9. The van der Waals surface area contributed by atoms with Gasteiger partial charge in [-0.15, -0.1) is 11.3 Å². The van der Waals surface area contributed by atoms with E-state index in [4.69, 9.17) is 0 Å². The van der Waals surface area contributed by atoms with E-state index < -0.39 is 0 Å².